The molecule has 1 heterocycles. The van der Waals surface area contributed by atoms with Gasteiger partial charge in [-0.25, -0.2) is 4.79 Å². The predicted octanol–water partition coefficient (Wildman–Crippen LogP) is 4.79. The Balaban J connectivity index is 2.07. The highest BCUT2D eigenvalue weighted by atomic mass is 16.5. The molecule has 0 spiro atoms. The number of ether oxygens (including phenoxy) is 2. The molecule has 0 aliphatic heterocycles. The molecule has 0 aliphatic carbocycles. The van der Waals surface area contributed by atoms with Crippen LogP contribution < -0.4 is 4.74 Å². The van der Waals surface area contributed by atoms with Crippen molar-refractivity contribution in [1.82, 2.24) is 4.98 Å². The molecular formula is C20H23NO3. The molecule has 0 unspecified atom stereocenters. The Labute approximate surface area is 143 Å². The van der Waals surface area contributed by atoms with Crippen LogP contribution in [0.3, 0.4) is 0 Å². The summed E-state index contributed by atoms with van der Waals surface area (Å²) in [5.41, 5.74) is 2.63. The van der Waals surface area contributed by atoms with Crippen LogP contribution >= 0.6 is 0 Å². The molecule has 0 bridgehead atoms. The molecule has 0 radical (unpaired) electrons. The fourth-order valence-electron chi connectivity index (χ4n) is 2.18. The standard InChI is InChI=1S/C20H23NO3/c1-4-16(20(22)23-6-3)13-15-7-10-18(11-8-15)24-19-12-9-17(5-2)21-14-19/h7-14H,4-6H2,1-3H3/b16-13+. The van der Waals surface area contributed by atoms with E-state index < -0.39 is 0 Å². The van der Waals surface area contributed by atoms with E-state index in [4.69, 9.17) is 9.47 Å². The highest BCUT2D eigenvalue weighted by Gasteiger charge is 2.08. The van der Waals surface area contributed by atoms with Crippen molar-refractivity contribution in [3.8, 4) is 11.5 Å². The summed E-state index contributed by atoms with van der Waals surface area (Å²) >= 11 is 0. The smallest absolute Gasteiger partial charge is 0.333 e. The molecule has 0 saturated heterocycles. The molecule has 0 aliphatic rings. The number of benzene rings is 1. The molecule has 2 aromatic rings. The average Bonchev–Trinajstić information content (AvgIpc) is 2.62. The van der Waals surface area contributed by atoms with E-state index in [1.54, 1.807) is 13.1 Å². The van der Waals surface area contributed by atoms with E-state index in [9.17, 15) is 4.79 Å². The van der Waals surface area contributed by atoms with Crippen LogP contribution in [0.25, 0.3) is 6.08 Å². The summed E-state index contributed by atoms with van der Waals surface area (Å²) in [6.07, 6.45) is 5.11. The zero-order valence-corrected chi connectivity index (χ0v) is 14.4. The van der Waals surface area contributed by atoms with Crippen molar-refractivity contribution in [3.05, 3.63) is 59.4 Å². The lowest BCUT2D eigenvalue weighted by atomic mass is 10.1. The molecular weight excluding hydrogens is 302 g/mol. The summed E-state index contributed by atoms with van der Waals surface area (Å²) in [6.45, 7) is 6.19. The van der Waals surface area contributed by atoms with Crippen LogP contribution in [-0.2, 0) is 16.0 Å². The van der Waals surface area contributed by atoms with Gasteiger partial charge in [0.1, 0.15) is 11.5 Å². The third-order valence-electron chi connectivity index (χ3n) is 3.54. The zero-order valence-electron chi connectivity index (χ0n) is 14.4. The molecule has 24 heavy (non-hydrogen) atoms. The van der Waals surface area contributed by atoms with Gasteiger partial charge in [-0.3, -0.25) is 4.98 Å². The van der Waals surface area contributed by atoms with Gasteiger partial charge in [-0.1, -0.05) is 26.0 Å². The Kier molecular flexibility index (Phi) is 6.55. The van der Waals surface area contributed by atoms with E-state index >= 15 is 0 Å². The van der Waals surface area contributed by atoms with Crippen molar-refractivity contribution in [2.75, 3.05) is 6.61 Å². The first-order valence-electron chi connectivity index (χ1n) is 8.26. The van der Waals surface area contributed by atoms with Crippen molar-refractivity contribution >= 4 is 12.0 Å². The van der Waals surface area contributed by atoms with Gasteiger partial charge >= 0.3 is 5.97 Å². The Morgan fingerprint density at radius 2 is 1.75 bits per heavy atom. The number of pyridine rings is 1. The van der Waals surface area contributed by atoms with Crippen molar-refractivity contribution in [3.63, 3.8) is 0 Å². The first-order chi connectivity index (χ1) is 11.7. The molecule has 0 fully saturated rings. The summed E-state index contributed by atoms with van der Waals surface area (Å²) in [7, 11) is 0. The minimum atomic E-state index is -0.262. The largest absolute Gasteiger partial charge is 0.463 e. The SMILES string of the molecule is CCOC(=O)/C(=C/c1ccc(Oc2ccc(CC)nc2)cc1)CC. The van der Waals surface area contributed by atoms with Crippen molar-refractivity contribution in [2.24, 2.45) is 0 Å². The first-order valence-corrected chi connectivity index (χ1v) is 8.26. The van der Waals surface area contributed by atoms with Crippen LogP contribution in [-0.4, -0.2) is 17.6 Å². The average molecular weight is 325 g/mol. The van der Waals surface area contributed by atoms with E-state index in [0.29, 0.717) is 24.4 Å². The van der Waals surface area contributed by atoms with Gasteiger partial charge < -0.3 is 9.47 Å². The Morgan fingerprint density at radius 3 is 2.29 bits per heavy atom. The van der Waals surface area contributed by atoms with Gasteiger partial charge in [-0.15, -0.1) is 0 Å². The normalized spacial score (nSPS) is 11.2. The Hall–Kier alpha value is -2.62. The molecule has 0 amide bonds. The van der Waals surface area contributed by atoms with E-state index in [2.05, 4.69) is 11.9 Å². The van der Waals surface area contributed by atoms with Crippen molar-refractivity contribution in [1.29, 1.82) is 0 Å². The van der Waals surface area contributed by atoms with Crippen LogP contribution in [0.15, 0.2) is 48.2 Å². The van der Waals surface area contributed by atoms with E-state index in [1.165, 1.54) is 0 Å². The van der Waals surface area contributed by atoms with Gasteiger partial charge in [-0.2, -0.15) is 0 Å². The summed E-state index contributed by atoms with van der Waals surface area (Å²) in [6, 6.07) is 11.4. The topological polar surface area (TPSA) is 48.4 Å². The molecule has 1 aromatic heterocycles. The second-order valence-corrected chi connectivity index (χ2v) is 5.25. The molecule has 0 atom stereocenters. The summed E-state index contributed by atoms with van der Waals surface area (Å²) in [4.78, 5) is 16.1. The maximum atomic E-state index is 11.8. The van der Waals surface area contributed by atoms with E-state index in [0.717, 1.165) is 23.4 Å². The number of carbonyl (C=O) groups excluding carboxylic acids is 1. The number of aryl methyl sites for hydroxylation is 1. The number of nitrogens with zero attached hydrogens (tertiary/aromatic N) is 1. The molecule has 126 valence electrons. The predicted molar refractivity (Wildman–Crippen MR) is 95.0 cm³/mol. The highest BCUT2D eigenvalue weighted by molar-refractivity contribution is 5.93. The number of esters is 1. The van der Waals surface area contributed by atoms with E-state index in [1.807, 2.05) is 49.4 Å². The summed E-state index contributed by atoms with van der Waals surface area (Å²) in [5, 5.41) is 0. The molecule has 0 saturated carbocycles. The van der Waals surface area contributed by atoms with Crippen molar-refractivity contribution < 1.29 is 14.3 Å². The highest BCUT2D eigenvalue weighted by Crippen LogP contribution is 2.22. The van der Waals surface area contributed by atoms with Gasteiger partial charge in [0, 0.05) is 11.3 Å². The Bertz CT molecular complexity index is 688. The first kappa shape index (κ1) is 17.7. The minimum Gasteiger partial charge on any atom is -0.463 e. The fourth-order valence-corrected chi connectivity index (χ4v) is 2.18. The number of hydrogen-bond donors (Lipinski definition) is 0. The minimum absolute atomic E-state index is 0.262. The zero-order chi connectivity index (χ0) is 17.4. The maximum Gasteiger partial charge on any atom is 0.333 e. The molecule has 4 heteroatoms. The third kappa shape index (κ3) is 4.95. The maximum absolute atomic E-state index is 11.8. The fraction of sp³-hybridized carbons (Fsp3) is 0.300. The number of carbonyl (C=O) groups is 1. The van der Waals surface area contributed by atoms with Gasteiger partial charge in [0.25, 0.3) is 0 Å². The van der Waals surface area contributed by atoms with Crippen LogP contribution in [0.4, 0.5) is 0 Å². The van der Waals surface area contributed by atoms with Crippen LogP contribution in [0.5, 0.6) is 11.5 Å². The van der Waals surface area contributed by atoms with Gasteiger partial charge in [0.15, 0.2) is 0 Å². The lowest BCUT2D eigenvalue weighted by Gasteiger charge is -2.07. The lowest BCUT2D eigenvalue weighted by molar-refractivity contribution is -0.138. The lowest BCUT2D eigenvalue weighted by Crippen LogP contribution is -2.06. The van der Waals surface area contributed by atoms with Crippen LogP contribution in [0.2, 0.25) is 0 Å². The van der Waals surface area contributed by atoms with Crippen LogP contribution in [0.1, 0.15) is 38.4 Å². The summed E-state index contributed by atoms with van der Waals surface area (Å²) < 4.78 is 10.8. The van der Waals surface area contributed by atoms with Crippen molar-refractivity contribution in [2.45, 2.75) is 33.6 Å². The number of rotatable bonds is 7. The van der Waals surface area contributed by atoms with Gasteiger partial charge in [-0.05, 0) is 55.7 Å². The second-order valence-electron chi connectivity index (χ2n) is 5.25. The molecule has 0 N–H and O–H groups in total. The van der Waals surface area contributed by atoms with Gasteiger partial charge in [0.05, 0.1) is 12.8 Å². The van der Waals surface area contributed by atoms with Gasteiger partial charge in [0.2, 0.25) is 0 Å². The molecule has 4 nitrogen and oxygen atoms in total. The second kappa shape index (κ2) is 8.87. The monoisotopic (exact) mass is 325 g/mol. The molecule has 2 rings (SSSR count). The third-order valence-corrected chi connectivity index (χ3v) is 3.54. The molecule has 1 aromatic carbocycles. The van der Waals surface area contributed by atoms with E-state index in [-0.39, 0.29) is 5.97 Å². The quantitative estimate of drug-likeness (QED) is 0.542. The summed E-state index contributed by atoms with van der Waals surface area (Å²) in [5.74, 6) is 1.17. The number of aromatic nitrogens is 1. The number of hydrogen-bond acceptors (Lipinski definition) is 4. The Morgan fingerprint density at radius 1 is 1.04 bits per heavy atom. The van der Waals surface area contributed by atoms with Crippen LogP contribution in [0, 0.1) is 0 Å².